The molecule has 0 aliphatic heterocycles. The lowest BCUT2D eigenvalue weighted by Crippen LogP contribution is -2.21. The summed E-state index contributed by atoms with van der Waals surface area (Å²) in [5.41, 5.74) is 1.58. The maximum atomic E-state index is 9.87. The highest BCUT2D eigenvalue weighted by Gasteiger charge is 2.17. The summed E-state index contributed by atoms with van der Waals surface area (Å²) in [7, 11) is 2.00. The Hall–Kier alpha value is -0.990. The second-order valence-corrected chi connectivity index (χ2v) is 5.35. The van der Waals surface area contributed by atoms with Gasteiger partial charge in [0.1, 0.15) is 0 Å². The molecule has 0 saturated heterocycles. The van der Waals surface area contributed by atoms with Crippen LogP contribution < -0.4 is 0 Å². The van der Waals surface area contributed by atoms with Gasteiger partial charge in [-0.1, -0.05) is 11.6 Å². The van der Waals surface area contributed by atoms with Crippen LogP contribution in [0.15, 0.2) is 24.4 Å². The van der Waals surface area contributed by atoms with Gasteiger partial charge in [-0.25, -0.2) is 0 Å². The van der Waals surface area contributed by atoms with Gasteiger partial charge in [-0.15, -0.1) is 0 Å². The molecule has 0 amide bonds. The number of aliphatic hydroxyl groups is 1. The molecule has 3 heteroatoms. The molecule has 0 atom stereocenters. The molecule has 1 aromatic heterocycles. The lowest BCUT2D eigenvalue weighted by molar-refractivity contribution is 0.0813. The summed E-state index contributed by atoms with van der Waals surface area (Å²) >= 11 is 6.00. The van der Waals surface area contributed by atoms with E-state index in [1.165, 1.54) is 0 Å². The SMILES string of the molecule is Cn1cc(CC(C)(C)O)c2cc(Cl)ccc21. The highest BCUT2D eigenvalue weighted by atomic mass is 35.5. The van der Waals surface area contributed by atoms with Crippen LogP contribution in [0.1, 0.15) is 19.4 Å². The lowest BCUT2D eigenvalue weighted by Gasteiger charge is -2.16. The summed E-state index contributed by atoms with van der Waals surface area (Å²) in [5, 5.41) is 11.7. The van der Waals surface area contributed by atoms with Crippen molar-refractivity contribution in [2.45, 2.75) is 25.9 Å². The second-order valence-electron chi connectivity index (χ2n) is 4.92. The molecule has 16 heavy (non-hydrogen) atoms. The number of nitrogens with zero attached hydrogens (tertiary/aromatic N) is 1. The Balaban J connectivity index is 2.57. The fourth-order valence-electron chi connectivity index (χ4n) is 2.05. The monoisotopic (exact) mass is 237 g/mol. The first kappa shape index (κ1) is 11.5. The minimum atomic E-state index is -0.698. The van der Waals surface area contributed by atoms with Crippen molar-refractivity contribution in [3.05, 3.63) is 35.0 Å². The van der Waals surface area contributed by atoms with E-state index >= 15 is 0 Å². The van der Waals surface area contributed by atoms with Crippen molar-refractivity contribution in [3.8, 4) is 0 Å². The molecular formula is C13H16ClNO. The largest absolute Gasteiger partial charge is 0.390 e. The minimum Gasteiger partial charge on any atom is -0.390 e. The van der Waals surface area contributed by atoms with Gasteiger partial charge < -0.3 is 9.67 Å². The van der Waals surface area contributed by atoms with Crippen LogP contribution in [0.2, 0.25) is 5.02 Å². The number of rotatable bonds is 2. The Morgan fingerprint density at radius 1 is 1.38 bits per heavy atom. The van der Waals surface area contributed by atoms with E-state index in [-0.39, 0.29) is 0 Å². The van der Waals surface area contributed by atoms with Crippen molar-refractivity contribution in [2.24, 2.45) is 7.05 Å². The van der Waals surface area contributed by atoms with E-state index in [9.17, 15) is 5.11 Å². The third-order valence-electron chi connectivity index (χ3n) is 2.66. The normalized spacial score (nSPS) is 12.3. The molecule has 0 aliphatic rings. The van der Waals surface area contributed by atoms with Gasteiger partial charge in [0.2, 0.25) is 0 Å². The number of fused-ring (bicyclic) bond motifs is 1. The quantitative estimate of drug-likeness (QED) is 0.853. The zero-order valence-corrected chi connectivity index (χ0v) is 10.5. The maximum Gasteiger partial charge on any atom is 0.0632 e. The fraction of sp³-hybridized carbons (Fsp3) is 0.385. The first-order valence-corrected chi connectivity index (χ1v) is 5.70. The van der Waals surface area contributed by atoms with E-state index in [4.69, 9.17) is 11.6 Å². The van der Waals surface area contributed by atoms with Crippen molar-refractivity contribution < 1.29 is 5.11 Å². The van der Waals surface area contributed by atoms with Crippen molar-refractivity contribution in [1.29, 1.82) is 0 Å². The standard InChI is InChI=1S/C13H16ClNO/c1-13(2,16)7-9-8-15(3)12-5-4-10(14)6-11(9)12/h4-6,8,16H,7H2,1-3H3. The van der Waals surface area contributed by atoms with Crippen LogP contribution in [0.3, 0.4) is 0 Å². The third-order valence-corrected chi connectivity index (χ3v) is 2.89. The van der Waals surface area contributed by atoms with Gasteiger partial charge in [0.25, 0.3) is 0 Å². The number of aromatic nitrogens is 1. The van der Waals surface area contributed by atoms with Crippen LogP contribution in [0.25, 0.3) is 10.9 Å². The Kier molecular flexibility index (Phi) is 2.72. The first-order valence-electron chi connectivity index (χ1n) is 5.33. The van der Waals surface area contributed by atoms with Gasteiger partial charge in [0.15, 0.2) is 0 Å². The molecule has 0 bridgehead atoms. The zero-order valence-electron chi connectivity index (χ0n) is 9.79. The van der Waals surface area contributed by atoms with Crippen molar-refractivity contribution in [3.63, 3.8) is 0 Å². The molecular weight excluding hydrogens is 222 g/mol. The highest BCUT2D eigenvalue weighted by molar-refractivity contribution is 6.31. The predicted molar refractivity (Wildman–Crippen MR) is 67.9 cm³/mol. The predicted octanol–water partition coefficient (Wildman–Crippen LogP) is 3.15. The summed E-state index contributed by atoms with van der Waals surface area (Å²) in [4.78, 5) is 0. The van der Waals surface area contributed by atoms with E-state index < -0.39 is 5.60 Å². The van der Waals surface area contributed by atoms with Gasteiger partial charge in [0.05, 0.1) is 5.60 Å². The molecule has 1 aromatic carbocycles. The second kappa shape index (κ2) is 3.79. The molecule has 0 saturated carbocycles. The Morgan fingerprint density at radius 2 is 2.06 bits per heavy atom. The topological polar surface area (TPSA) is 25.2 Å². The van der Waals surface area contributed by atoms with E-state index in [2.05, 4.69) is 10.8 Å². The lowest BCUT2D eigenvalue weighted by atomic mass is 9.98. The Morgan fingerprint density at radius 3 is 2.69 bits per heavy atom. The Labute approximate surface area is 100 Å². The van der Waals surface area contributed by atoms with Gasteiger partial charge >= 0.3 is 0 Å². The maximum absolute atomic E-state index is 9.87. The van der Waals surface area contributed by atoms with Crippen LogP contribution in [0.5, 0.6) is 0 Å². The fourth-order valence-corrected chi connectivity index (χ4v) is 2.22. The zero-order chi connectivity index (χ0) is 11.9. The summed E-state index contributed by atoms with van der Waals surface area (Å²) in [6.07, 6.45) is 2.68. The summed E-state index contributed by atoms with van der Waals surface area (Å²) in [5.74, 6) is 0. The van der Waals surface area contributed by atoms with Gasteiger partial charge in [-0.3, -0.25) is 0 Å². The van der Waals surface area contributed by atoms with Crippen LogP contribution >= 0.6 is 11.6 Å². The minimum absolute atomic E-state index is 0.630. The molecule has 86 valence electrons. The number of hydrogen-bond acceptors (Lipinski definition) is 1. The summed E-state index contributed by atoms with van der Waals surface area (Å²) in [6, 6.07) is 5.85. The molecule has 2 nitrogen and oxygen atoms in total. The van der Waals surface area contributed by atoms with Crippen molar-refractivity contribution in [1.82, 2.24) is 4.57 Å². The average Bonchev–Trinajstić information content (AvgIpc) is 2.40. The number of benzene rings is 1. The van der Waals surface area contributed by atoms with Gasteiger partial charge in [-0.2, -0.15) is 0 Å². The molecule has 2 rings (SSSR count). The van der Waals surface area contributed by atoms with Crippen LogP contribution in [-0.4, -0.2) is 15.3 Å². The van der Waals surface area contributed by atoms with E-state index in [0.29, 0.717) is 6.42 Å². The first-order chi connectivity index (χ1) is 7.37. The van der Waals surface area contributed by atoms with E-state index in [1.54, 1.807) is 0 Å². The average molecular weight is 238 g/mol. The smallest absolute Gasteiger partial charge is 0.0632 e. The molecule has 0 fully saturated rings. The molecule has 0 unspecified atom stereocenters. The van der Waals surface area contributed by atoms with Crippen LogP contribution in [0, 0.1) is 0 Å². The third kappa shape index (κ3) is 2.23. The van der Waals surface area contributed by atoms with E-state index in [0.717, 1.165) is 21.5 Å². The molecule has 0 aliphatic carbocycles. The molecule has 1 heterocycles. The summed E-state index contributed by atoms with van der Waals surface area (Å²) < 4.78 is 2.06. The summed E-state index contributed by atoms with van der Waals surface area (Å²) in [6.45, 7) is 3.63. The van der Waals surface area contributed by atoms with E-state index in [1.807, 2.05) is 39.1 Å². The van der Waals surface area contributed by atoms with Crippen molar-refractivity contribution >= 4 is 22.5 Å². The molecule has 0 spiro atoms. The highest BCUT2D eigenvalue weighted by Crippen LogP contribution is 2.26. The van der Waals surface area contributed by atoms with Crippen LogP contribution in [0.4, 0.5) is 0 Å². The van der Waals surface area contributed by atoms with Crippen LogP contribution in [-0.2, 0) is 13.5 Å². The van der Waals surface area contributed by atoms with Gasteiger partial charge in [-0.05, 0) is 37.6 Å². The molecule has 0 radical (unpaired) electrons. The Bertz CT molecular complexity index is 522. The number of halogens is 1. The van der Waals surface area contributed by atoms with Crippen molar-refractivity contribution in [2.75, 3.05) is 0 Å². The number of hydrogen-bond donors (Lipinski definition) is 1. The molecule has 1 N–H and O–H groups in total. The molecule has 2 aromatic rings. The van der Waals surface area contributed by atoms with Gasteiger partial charge in [0, 0.05) is 35.6 Å². The number of aryl methyl sites for hydroxylation is 1.